The molecule has 0 fully saturated rings. The molecule has 0 bridgehead atoms. The number of nitrogens with zero attached hydrogens (tertiary/aromatic N) is 3. The molecule has 0 aliphatic heterocycles. The summed E-state index contributed by atoms with van der Waals surface area (Å²) < 4.78 is 47.1. The Labute approximate surface area is 176 Å². The number of para-hydroxylation sites is 1. The summed E-state index contributed by atoms with van der Waals surface area (Å²) in [4.78, 5) is 20.6. The first-order chi connectivity index (χ1) is 14.4. The number of thiazole rings is 1. The van der Waals surface area contributed by atoms with Crippen LogP contribution in [0.1, 0.15) is 13.8 Å². The summed E-state index contributed by atoms with van der Waals surface area (Å²) in [5.74, 6) is -2.56. The van der Waals surface area contributed by atoms with E-state index in [2.05, 4.69) is 9.88 Å². The third-order valence-corrected chi connectivity index (χ3v) is 5.68. The number of benzene rings is 2. The van der Waals surface area contributed by atoms with Crippen molar-refractivity contribution in [1.29, 1.82) is 0 Å². The van der Waals surface area contributed by atoms with Crippen LogP contribution in [0.4, 0.5) is 18.3 Å². The molecule has 2 aromatic carbocycles. The first kappa shape index (κ1) is 22.0. The maximum atomic E-state index is 14.1. The van der Waals surface area contributed by atoms with E-state index in [-0.39, 0.29) is 22.9 Å². The summed E-state index contributed by atoms with van der Waals surface area (Å²) in [6, 6.07) is 7.74. The zero-order chi connectivity index (χ0) is 21.7. The molecule has 0 atom stereocenters. The zero-order valence-electron chi connectivity index (χ0n) is 16.7. The van der Waals surface area contributed by atoms with E-state index in [9.17, 15) is 18.0 Å². The van der Waals surface area contributed by atoms with Crippen molar-refractivity contribution >= 4 is 32.6 Å². The van der Waals surface area contributed by atoms with Crippen LogP contribution in [-0.2, 0) is 4.79 Å². The van der Waals surface area contributed by atoms with Gasteiger partial charge in [-0.2, -0.15) is 0 Å². The third kappa shape index (κ3) is 5.09. The van der Waals surface area contributed by atoms with Crippen molar-refractivity contribution in [3.8, 4) is 5.75 Å². The van der Waals surface area contributed by atoms with Gasteiger partial charge in [0.15, 0.2) is 29.1 Å². The number of aromatic nitrogens is 1. The quantitative estimate of drug-likeness (QED) is 0.496. The first-order valence-corrected chi connectivity index (χ1v) is 10.4. The molecule has 1 aromatic heterocycles. The number of hydrogen-bond acceptors (Lipinski definition) is 5. The van der Waals surface area contributed by atoms with E-state index in [0.717, 1.165) is 30.5 Å². The minimum atomic E-state index is -0.786. The van der Waals surface area contributed by atoms with E-state index in [0.29, 0.717) is 11.2 Å². The highest BCUT2D eigenvalue weighted by molar-refractivity contribution is 7.22. The summed E-state index contributed by atoms with van der Waals surface area (Å²) in [5, 5.41) is 0.240. The number of ether oxygens (including phenoxy) is 1. The molecule has 0 aliphatic carbocycles. The number of rotatable bonds is 9. The molecule has 0 saturated carbocycles. The molecule has 3 rings (SSSR count). The summed E-state index contributed by atoms with van der Waals surface area (Å²) in [6.45, 7) is 6.04. The van der Waals surface area contributed by atoms with Gasteiger partial charge in [-0.3, -0.25) is 9.69 Å². The van der Waals surface area contributed by atoms with Gasteiger partial charge in [0.2, 0.25) is 0 Å². The van der Waals surface area contributed by atoms with Crippen molar-refractivity contribution in [2.75, 3.05) is 37.7 Å². The predicted molar refractivity (Wildman–Crippen MR) is 112 cm³/mol. The second-order valence-corrected chi connectivity index (χ2v) is 7.53. The van der Waals surface area contributed by atoms with Crippen LogP contribution >= 0.6 is 11.3 Å². The van der Waals surface area contributed by atoms with Crippen LogP contribution in [0.5, 0.6) is 5.75 Å². The number of halogens is 3. The maximum Gasteiger partial charge on any atom is 0.266 e. The van der Waals surface area contributed by atoms with Gasteiger partial charge in [0.25, 0.3) is 5.91 Å². The average molecular weight is 437 g/mol. The van der Waals surface area contributed by atoms with Gasteiger partial charge in [-0.25, -0.2) is 18.2 Å². The second kappa shape index (κ2) is 9.90. The number of amides is 1. The van der Waals surface area contributed by atoms with Gasteiger partial charge >= 0.3 is 0 Å². The molecule has 160 valence electrons. The first-order valence-electron chi connectivity index (χ1n) is 9.58. The van der Waals surface area contributed by atoms with E-state index >= 15 is 0 Å². The lowest BCUT2D eigenvalue weighted by atomic mass is 10.3. The van der Waals surface area contributed by atoms with Crippen molar-refractivity contribution < 1.29 is 22.7 Å². The molecule has 1 amide bonds. The highest BCUT2D eigenvalue weighted by Gasteiger charge is 2.22. The van der Waals surface area contributed by atoms with Gasteiger partial charge in [-0.15, -0.1) is 0 Å². The molecule has 3 aromatic rings. The van der Waals surface area contributed by atoms with Crippen LogP contribution in [-0.4, -0.2) is 48.6 Å². The molecule has 0 aliphatic rings. The Hall–Kier alpha value is -2.65. The highest BCUT2D eigenvalue weighted by atomic mass is 32.1. The molecule has 30 heavy (non-hydrogen) atoms. The van der Waals surface area contributed by atoms with Gasteiger partial charge in [0, 0.05) is 19.2 Å². The Morgan fingerprint density at radius 3 is 2.50 bits per heavy atom. The minimum absolute atomic E-state index is 0.00654. The largest absolute Gasteiger partial charge is 0.481 e. The molecule has 0 unspecified atom stereocenters. The van der Waals surface area contributed by atoms with Crippen molar-refractivity contribution in [3.63, 3.8) is 0 Å². The van der Waals surface area contributed by atoms with Gasteiger partial charge in [0.1, 0.15) is 11.3 Å². The summed E-state index contributed by atoms with van der Waals surface area (Å²) in [5.41, 5.74) is 0.00654. The normalized spacial score (nSPS) is 11.3. The SMILES string of the molecule is CCN(CC)CCN(C(=O)COc1ccccc1F)c1nc2c(F)cc(F)cc2s1. The molecular weight excluding hydrogens is 415 g/mol. The number of carbonyl (C=O) groups excluding carboxylic acids is 1. The van der Waals surface area contributed by atoms with Crippen molar-refractivity contribution in [1.82, 2.24) is 9.88 Å². The fourth-order valence-electron chi connectivity index (χ4n) is 2.95. The van der Waals surface area contributed by atoms with E-state index in [4.69, 9.17) is 4.74 Å². The lowest BCUT2D eigenvalue weighted by Crippen LogP contribution is -2.41. The molecular formula is C21H22F3N3O2S. The standard InChI is InChI=1S/C21H22F3N3O2S/c1-3-26(4-2)9-10-27(19(28)13-29-17-8-6-5-7-15(17)23)21-25-20-16(24)11-14(22)12-18(20)30-21/h5-8,11-12H,3-4,9-10,13H2,1-2H3. The summed E-state index contributed by atoms with van der Waals surface area (Å²) >= 11 is 1.02. The Morgan fingerprint density at radius 1 is 1.07 bits per heavy atom. The van der Waals surface area contributed by atoms with Crippen LogP contribution in [0.3, 0.4) is 0 Å². The number of likely N-dealkylation sites (N-methyl/N-ethyl adjacent to an activating group) is 1. The van der Waals surface area contributed by atoms with Crippen molar-refractivity contribution in [3.05, 3.63) is 53.8 Å². The smallest absolute Gasteiger partial charge is 0.266 e. The van der Waals surface area contributed by atoms with Crippen LogP contribution in [0.2, 0.25) is 0 Å². The molecule has 0 saturated heterocycles. The van der Waals surface area contributed by atoms with Crippen LogP contribution in [0, 0.1) is 17.5 Å². The zero-order valence-corrected chi connectivity index (χ0v) is 17.5. The lowest BCUT2D eigenvalue weighted by Gasteiger charge is -2.24. The van der Waals surface area contributed by atoms with Gasteiger partial charge in [-0.05, 0) is 31.3 Å². The van der Waals surface area contributed by atoms with E-state index in [1.807, 2.05) is 13.8 Å². The Morgan fingerprint density at radius 2 is 1.80 bits per heavy atom. The molecule has 5 nitrogen and oxygen atoms in total. The fraction of sp³-hybridized carbons (Fsp3) is 0.333. The van der Waals surface area contributed by atoms with E-state index in [1.54, 1.807) is 6.07 Å². The van der Waals surface area contributed by atoms with Crippen LogP contribution in [0.25, 0.3) is 10.2 Å². The van der Waals surface area contributed by atoms with Crippen molar-refractivity contribution in [2.24, 2.45) is 0 Å². The molecule has 0 radical (unpaired) electrons. The van der Waals surface area contributed by atoms with Crippen LogP contribution in [0.15, 0.2) is 36.4 Å². The fourth-order valence-corrected chi connectivity index (χ4v) is 4.00. The van der Waals surface area contributed by atoms with Gasteiger partial charge in [-0.1, -0.05) is 37.3 Å². The molecule has 0 spiro atoms. The highest BCUT2D eigenvalue weighted by Crippen LogP contribution is 2.31. The minimum Gasteiger partial charge on any atom is -0.481 e. The Kier molecular flexibility index (Phi) is 7.28. The molecule has 0 N–H and O–H groups in total. The summed E-state index contributed by atoms with van der Waals surface area (Å²) in [7, 11) is 0. The topological polar surface area (TPSA) is 45.7 Å². The maximum absolute atomic E-state index is 14.1. The lowest BCUT2D eigenvalue weighted by molar-refractivity contribution is -0.120. The Bertz CT molecular complexity index is 1020. The molecule has 9 heteroatoms. The second-order valence-electron chi connectivity index (χ2n) is 6.52. The third-order valence-electron chi connectivity index (χ3n) is 4.66. The van der Waals surface area contributed by atoms with Crippen LogP contribution < -0.4 is 9.64 Å². The average Bonchev–Trinajstić information content (AvgIpc) is 3.14. The monoisotopic (exact) mass is 437 g/mol. The van der Waals surface area contributed by atoms with Crippen molar-refractivity contribution in [2.45, 2.75) is 13.8 Å². The van der Waals surface area contributed by atoms with Gasteiger partial charge in [0.05, 0.1) is 4.70 Å². The molecule has 1 heterocycles. The summed E-state index contributed by atoms with van der Waals surface area (Å²) in [6.07, 6.45) is 0. The van der Waals surface area contributed by atoms with E-state index in [1.165, 1.54) is 29.2 Å². The van der Waals surface area contributed by atoms with E-state index < -0.39 is 30.0 Å². The number of fused-ring (bicyclic) bond motifs is 1. The number of carbonyl (C=O) groups is 1. The number of anilines is 1. The Balaban J connectivity index is 1.85. The number of hydrogen-bond donors (Lipinski definition) is 0. The van der Waals surface area contributed by atoms with Gasteiger partial charge < -0.3 is 9.64 Å². The predicted octanol–water partition coefficient (Wildman–Crippen LogP) is 4.47.